The lowest BCUT2D eigenvalue weighted by atomic mass is 9.60. The number of rotatable bonds is 1. The van der Waals surface area contributed by atoms with Gasteiger partial charge in [-0.05, 0) is 54.9 Å². The second-order valence-electron chi connectivity index (χ2n) is 7.39. The van der Waals surface area contributed by atoms with Crippen molar-refractivity contribution in [3.05, 3.63) is 41.0 Å². The Morgan fingerprint density at radius 1 is 1.30 bits per heavy atom. The van der Waals surface area contributed by atoms with Crippen molar-refractivity contribution in [3.8, 4) is 5.75 Å². The zero-order chi connectivity index (χ0) is 16.2. The monoisotopic (exact) mass is 310 g/mol. The van der Waals surface area contributed by atoms with Gasteiger partial charge in [-0.1, -0.05) is 24.6 Å². The third-order valence-electron chi connectivity index (χ3n) is 6.13. The Hall–Kier alpha value is -1.90. The molecule has 4 rings (SSSR count). The first-order valence-electron chi connectivity index (χ1n) is 8.53. The van der Waals surface area contributed by atoms with Crippen LogP contribution in [0, 0.1) is 11.3 Å². The first kappa shape index (κ1) is 14.7. The van der Waals surface area contributed by atoms with E-state index < -0.39 is 0 Å². The Morgan fingerprint density at radius 2 is 2.13 bits per heavy atom. The normalized spacial score (nSPS) is 31.7. The molecule has 0 bridgehead atoms. The number of hydrogen-bond acceptors (Lipinski definition) is 3. The van der Waals surface area contributed by atoms with Gasteiger partial charge in [-0.2, -0.15) is 0 Å². The fourth-order valence-corrected chi connectivity index (χ4v) is 4.95. The molecule has 0 radical (unpaired) electrons. The van der Waals surface area contributed by atoms with Crippen molar-refractivity contribution in [1.82, 2.24) is 0 Å². The Morgan fingerprint density at radius 3 is 2.91 bits per heavy atom. The van der Waals surface area contributed by atoms with Crippen molar-refractivity contribution in [2.75, 3.05) is 0 Å². The van der Waals surface area contributed by atoms with E-state index in [1.165, 1.54) is 23.6 Å². The second kappa shape index (κ2) is 5.05. The van der Waals surface area contributed by atoms with Crippen LogP contribution in [0.1, 0.15) is 56.6 Å². The number of ketones is 1. The molecule has 0 unspecified atom stereocenters. The van der Waals surface area contributed by atoms with Crippen LogP contribution >= 0.6 is 0 Å². The molecule has 0 aromatic heterocycles. The molecule has 2 fully saturated rings. The standard InChI is InChI=1S/C20H22O3/c1-12(21)23-14-4-6-15-13(11-14)3-5-17-16(15)9-10-20(2)18(17)7-8-19(20)22/h4-6,11,16,18H,3,7-10H2,1-2H3/t16-,18-,20+/m1/s1. The molecule has 1 aromatic rings. The third kappa shape index (κ3) is 2.17. The number of Topliss-reactive ketones (excluding diaryl/α,β-unsaturated/α-hetero) is 1. The van der Waals surface area contributed by atoms with E-state index in [1.807, 2.05) is 12.1 Å². The number of carbonyl (C=O) groups excluding carboxylic acids is 2. The molecule has 2 saturated carbocycles. The summed E-state index contributed by atoms with van der Waals surface area (Å²) in [6.07, 6.45) is 7.00. The number of carbonyl (C=O) groups is 2. The maximum atomic E-state index is 12.3. The zero-order valence-corrected chi connectivity index (χ0v) is 13.7. The van der Waals surface area contributed by atoms with Crippen molar-refractivity contribution in [1.29, 1.82) is 0 Å². The van der Waals surface area contributed by atoms with Crippen LogP contribution in [0.3, 0.4) is 0 Å². The van der Waals surface area contributed by atoms with Crippen LogP contribution in [-0.2, 0) is 16.0 Å². The average molecular weight is 310 g/mol. The van der Waals surface area contributed by atoms with Crippen molar-refractivity contribution in [2.24, 2.45) is 11.3 Å². The Kier molecular flexibility index (Phi) is 3.22. The summed E-state index contributed by atoms with van der Waals surface area (Å²) in [7, 11) is 0. The Bertz CT molecular complexity index is 730. The van der Waals surface area contributed by atoms with Crippen LogP contribution < -0.4 is 4.74 Å². The minimum Gasteiger partial charge on any atom is -0.427 e. The van der Waals surface area contributed by atoms with Gasteiger partial charge in [0.05, 0.1) is 0 Å². The van der Waals surface area contributed by atoms with E-state index in [1.54, 1.807) is 0 Å². The highest BCUT2D eigenvalue weighted by molar-refractivity contribution is 5.88. The lowest BCUT2D eigenvalue weighted by Crippen LogP contribution is -2.37. The lowest BCUT2D eigenvalue weighted by molar-refractivity contribution is -0.132. The number of fused-ring (bicyclic) bond motifs is 5. The van der Waals surface area contributed by atoms with Crippen molar-refractivity contribution >= 4 is 11.8 Å². The predicted molar refractivity (Wildman–Crippen MR) is 87.4 cm³/mol. The van der Waals surface area contributed by atoms with Gasteiger partial charge < -0.3 is 4.74 Å². The molecule has 1 aromatic carbocycles. The van der Waals surface area contributed by atoms with Gasteiger partial charge in [0.15, 0.2) is 0 Å². The number of hydrogen-bond donors (Lipinski definition) is 0. The molecule has 3 aliphatic carbocycles. The van der Waals surface area contributed by atoms with Gasteiger partial charge in [-0.15, -0.1) is 0 Å². The van der Waals surface area contributed by atoms with E-state index in [-0.39, 0.29) is 11.4 Å². The largest absolute Gasteiger partial charge is 0.427 e. The number of benzene rings is 1. The van der Waals surface area contributed by atoms with Crippen LogP contribution in [-0.4, -0.2) is 11.8 Å². The molecular weight excluding hydrogens is 288 g/mol. The van der Waals surface area contributed by atoms with Crippen LogP contribution in [0.25, 0.3) is 0 Å². The van der Waals surface area contributed by atoms with E-state index in [0.717, 1.165) is 32.1 Å². The SMILES string of the molecule is CC(=O)Oc1ccc2c(c1)CC=C1[C@H]3CCC(=O)[C@@]3(C)CC[C@@H]12. The molecule has 0 aliphatic heterocycles. The summed E-state index contributed by atoms with van der Waals surface area (Å²) in [5.74, 6) is 1.67. The van der Waals surface area contributed by atoms with Crippen LogP contribution in [0.2, 0.25) is 0 Å². The second-order valence-corrected chi connectivity index (χ2v) is 7.39. The first-order chi connectivity index (χ1) is 11.0. The summed E-state index contributed by atoms with van der Waals surface area (Å²) in [5.41, 5.74) is 3.97. The molecule has 0 heterocycles. The first-order valence-corrected chi connectivity index (χ1v) is 8.53. The van der Waals surface area contributed by atoms with Gasteiger partial charge in [0, 0.05) is 24.7 Å². The van der Waals surface area contributed by atoms with Gasteiger partial charge in [0.25, 0.3) is 0 Å². The number of esters is 1. The third-order valence-corrected chi connectivity index (χ3v) is 6.13. The van der Waals surface area contributed by atoms with E-state index in [2.05, 4.69) is 19.1 Å². The van der Waals surface area contributed by atoms with E-state index >= 15 is 0 Å². The summed E-state index contributed by atoms with van der Waals surface area (Å²) in [4.78, 5) is 23.5. The summed E-state index contributed by atoms with van der Waals surface area (Å²) >= 11 is 0. The van der Waals surface area contributed by atoms with Crippen molar-refractivity contribution < 1.29 is 14.3 Å². The summed E-state index contributed by atoms with van der Waals surface area (Å²) in [6, 6.07) is 6.01. The van der Waals surface area contributed by atoms with E-state index in [9.17, 15) is 9.59 Å². The van der Waals surface area contributed by atoms with Gasteiger partial charge in [0.2, 0.25) is 0 Å². The molecular formula is C20H22O3. The lowest BCUT2D eigenvalue weighted by Gasteiger charge is -2.43. The quantitative estimate of drug-likeness (QED) is 0.448. The van der Waals surface area contributed by atoms with E-state index in [0.29, 0.717) is 23.4 Å². The smallest absolute Gasteiger partial charge is 0.308 e. The van der Waals surface area contributed by atoms with Crippen LogP contribution in [0.15, 0.2) is 29.8 Å². The molecule has 0 saturated heterocycles. The van der Waals surface area contributed by atoms with Crippen LogP contribution in [0.4, 0.5) is 0 Å². The zero-order valence-electron chi connectivity index (χ0n) is 13.7. The molecule has 0 N–H and O–H groups in total. The summed E-state index contributed by atoms with van der Waals surface area (Å²) in [6.45, 7) is 3.60. The van der Waals surface area contributed by atoms with Gasteiger partial charge in [0.1, 0.15) is 11.5 Å². The van der Waals surface area contributed by atoms with Gasteiger partial charge >= 0.3 is 5.97 Å². The minimum absolute atomic E-state index is 0.127. The molecule has 0 spiro atoms. The van der Waals surface area contributed by atoms with Crippen LogP contribution in [0.5, 0.6) is 5.75 Å². The molecule has 23 heavy (non-hydrogen) atoms. The van der Waals surface area contributed by atoms with Crippen molar-refractivity contribution in [3.63, 3.8) is 0 Å². The predicted octanol–water partition coefficient (Wildman–Crippen LogP) is 3.96. The Labute approximate surface area is 136 Å². The van der Waals surface area contributed by atoms with Gasteiger partial charge in [-0.25, -0.2) is 0 Å². The summed E-state index contributed by atoms with van der Waals surface area (Å²) < 4.78 is 5.21. The fraction of sp³-hybridized carbons (Fsp3) is 0.500. The highest BCUT2D eigenvalue weighted by Gasteiger charge is 2.52. The maximum absolute atomic E-state index is 12.3. The number of allylic oxidation sites excluding steroid dienone is 2. The maximum Gasteiger partial charge on any atom is 0.308 e. The summed E-state index contributed by atoms with van der Waals surface area (Å²) in [5, 5.41) is 0. The molecule has 3 atom stereocenters. The molecule has 3 aliphatic rings. The molecule has 3 nitrogen and oxygen atoms in total. The number of ether oxygens (including phenoxy) is 1. The topological polar surface area (TPSA) is 43.4 Å². The highest BCUT2D eigenvalue weighted by atomic mass is 16.5. The molecule has 3 heteroatoms. The Balaban J connectivity index is 1.68. The minimum atomic E-state index is -0.283. The van der Waals surface area contributed by atoms with Crippen molar-refractivity contribution in [2.45, 2.75) is 51.9 Å². The molecule has 0 amide bonds. The average Bonchev–Trinajstić information content (AvgIpc) is 2.82. The molecule has 120 valence electrons. The van der Waals surface area contributed by atoms with Gasteiger partial charge in [-0.3, -0.25) is 9.59 Å². The fourth-order valence-electron chi connectivity index (χ4n) is 4.95. The highest BCUT2D eigenvalue weighted by Crippen LogP contribution is 2.57. The van der Waals surface area contributed by atoms with E-state index in [4.69, 9.17) is 4.74 Å².